The Morgan fingerprint density at radius 3 is 2.00 bits per heavy atom. The number of carbonyl (C=O) groups is 1. The van der Waals surface area contributed by atoms with Gasteiger partial charge in [0.1, 0.15) is 5.78 Å². The van der Waals surface area contributed by atoms with Crippen molar-refractivity contribution in [3.05, 3.63) is 0 Å². The standard InChI is InChI=1S/C19H38O2/c1-7-17(8-2)18(13-11-12-16(5)20)14-19(9-3,10-4)15-21-6/h17-18H,7-15H2,1-6H3. The molecule has 0 amide bonds. The first-order valence-corrected chi connectivity index (χ1v) is 8.96. The molecular weight excluding hydrogens is 260 g/mol. The first kappa shape index (κ1) is 20.6. The molecule has 0 aromatic rings. The van der Waals surface area contributed by atoms with Crippen LogP contribution in [0.15, 0.2) is 0 Å². The van der Waals surface area contributed by atoms with Crippen molar-refractivity contribution in [1.29, 1.82) is 0 Å². The summed E-state index contributed by atoms with van der Waals surface area (Å²) in [5, 5.41) is 0. The highest BCUT2D eigenvalue weighted by Gasteiger charge is 2.32. The number of hydrogen-bond acceptors (Lipinski definition) is 2. The summed E-state index contributed by atoms with van der Waals surface area (Å²) >= 11 is 0. The summed E-state index contributed by atoms with van der Waals surface area (Å²) in [4.78, 5) is 11.2. The number of rotatable bonds is 13. The zero-order chi connectivity index (χ0) is 16.3. The van der Waals surface area contributed by atoms with Crippen LogP contribution in [0.2, 0.25) is 0 Å². The molecule has 0 saturated heterocycles. The molecule has 0 N–H and O–H groups in total. The lowest BCUT2D eigenvalue weighted by Crippen LogP contribution is -2.30. The van der Waals surface area contributed by atoms with Crippen LogP contribution >= 0.6 is 0 Å². The molecule has 0 bridgehead atoms. The monoisotopic (exact) mass is 298 g/mol. The molecule has 21 heavy (non-hydrogen) atoms. The van der Waals surface area contributed by atoms with Crippen LogP contribution in [0.5, 0.6) is 0 Å². The molecule has 0 aliphatic rings. The van der Waals surface area contributed by atoms with Gasteiger partial charge in [0.2, 0.25) is 0 Å². The molecule has 0 aromatic carbocycles. The second kappa shape index (κ2) is 11.2. The van der Waals surface area contributed by atoms with Crippen molar-refractivity contribution < 1.29 is 9.53 Å². The van der Waals surface area contributed by atoms with Crippen molar-refractivity contribution in [1.82, 2.24) is 0 Å². The van der Waals surface area contributed by atoms with Crippen LogP contribution in [0.25, 0.3) is 0 Å². The molecule has 0 aliphatic carbocycles. The third kappa shape index (κ3) is 7.44. The summed E-state index contributed by atoms with van der Waals surface area (Å²) in [7, 11) is 1.82. The van der Waals surface area contributed by atoms with Crippen LogP contribution in [0, 0.1) is 17.3 Å². The number of hydrogen-bond donors (Lipinski definition) is 0. The van der Waals surface area contributed by atoms with Crippen LogP contribution in [-0.4, -0.2) is 19.5 Å². The first-order valence-electron chi connectivity index (χ1n) is 8.96. The quantitative estimate of drug-likeness (QED) is 0.440. The van der Waals surface area contributed by atoms with Crippen LogP contribution in [-0.2, 0) is 9.53 Å². The minimum Gasteiger partial charge on any atom is -0.384 e. The van der Waals surface area contributed by atoms with E-state index in [2.05, 4.69) is 27.7 Å². The minimum atomic E-state index is 0.318. The van der Waals surface area contributed by atoms with E-state index in [1.54, 1.807) is 6.92 Å². The van der Waals surface area contributed by atoms with E-state index in [1.165, 1.54) is 38.5 Å². The average Bonchev–Trinajstić information content (AvgIpc) is 2.47. The second-order valence-corrected chi connectivity index (χ2v) is 6.78. The van der Waals surface area contributed by atoms with Crippen molar-refractivity contribution in [2.45, 2.75) is 86.0 Å². The Balaban J connectivity index is 4.87. The maximum Gasteiger partial charge on any atom is 0.129 e. The van der Waals surface area contributed by atoms with Gasteiger partial charge in [0, 0.05) is 13.5 Å². The van der Waals surface area contributed by atoms with E-state index in [0.29, 0.717) is 11.2 Å². The highest BCUT2D eigenvalue weighted by molar-refractivity contribution is 5.75. The molecule has 1 atom stereocenters. The molecule has 0 rings (SSSR count). The lowest BCUT2D eigenvalue weighted by molar-refractivity contribution is -0.117. The Bertz CT molecular complexity index is 265. The maximum absolute atomic E-state index is 11.2. The van der Waals surface area contributed by atoms with Gasteiger partial charge < -0.3 is 9.53 Å². The van der Waals surface area contributed by atoms with Gasteiger partial charge in [-0.25, -0.2) is 0 Å². The van der Waals surface area contributed by atoms with Gasteiger partial charge in [-0.05, 0) is 56.3 Å². The van der Waals surface area contributed by atoms with Crippen LogP contribution < -0.4 is 0 Å². The third-order valence-corrected chi connectivity index (χ3v) is 5.46. The van der Waals surface area contributed by atoms with Gasteiger partial charge in [0.05, 0.1) is 6.61 Å². The molecule has 0 heterocycles. The van der Waals surface area contributed by atoms with Crippen molar-refractivity contribution in [2.24, 2.45) is 17.3 Å². The van der Waals surface area contributed by atoms with E-state index in [4.69, 9.17) is 4.74 Å². The van der Waals surface area contributed by atoms with E-state index in [-0.39, 0.29) is 0 Å². The van der Waals surface area contributed by atoms with Crippen molar-refractivity contribution in [3.8, 4) is 0 Å². The molecule has 1 unspecified atom stereocenters. The number of ketones is 1. The zero-order valence-corrected chi connectivity index (χ0v) is 15.3. The van der Waals surface area contributed by atoms with E-state index in [0.717, 1.165) is 31.3 Å². The van der Waals surface area contributed by atoms with E-state index in [9.17, 15) is 4.79 Å². The van der Waals surface area contributed by atoms with E-state index in [1.807, 2.05) is 7.11 Å². The Labute approximate surface area is 133 Å². The fourth-order valence-electron chi connectivity index (χ4n) is 3.74. The molecule has 0 fully saturated rings. The highest BCUT2D eigenvalue weighted by atomic mass is 16.5. The lowest BCUT2D eigenvalue weighted by Gasteiger charge is -2.37. The van der Waals surface area contributed by atoms with Gasteiger partial charge in [-0.1, -0.05) is 40.5 Å². The Morgan fingerprint density at radius 1 is 1.05 bits per heavy atom. The Kier molecular flexibility index (Phi) is 11.0. The van der Waals surface area contributed by atoms with Crippen molar-refractivity contribution >= 4 is 5.78 Å². The summed E-state index contributed by atoms with van der Waals surface area (Å²) in [6.45, 7) is 11.8. The minimum absolute atomic E-state index is 0.318. The Hall–Kier alpha value is -0.370. The number of carbonyl (C=O) groups excluding carboxylic acids is 1. The third-order valence-electron chi connectivity index (χ3n) is 5.46. The SMILES string of the molecule is CCC(CC)C(CCCC(C)=O)CC(CC)(CC)COC. The van der Waals surface area contributed by atoms with Crippen LogP contribution in [0.4, 0.5) is 0 Å². The molecule has 2 heteroatoms. The first-order chi connectivity index (χ1) is 9.98. The Morgan fingerprint density at radius 2 is 1.62 bits per heavy atom. The van der Waals surface area contributed by atoms with E-state index < -0.39 is 0 Å². The summed E-state index contributed by atoms with van der Waals surface area (Å²) in [6.07, 6.45) is 9.09. The molecule has 0 spiro atoms. The predicted octanol–water partition coefficient (Wildman–Crippen LogP) is 5.64. The van der Waals surface area contributed by atoms with Gasteiger partial charge >= 0.3 is 0 Å². The molecule has 0 radical (unpaired) electrons. The number of methoxy groups -OCH3 is 1. The average molecular weight is 299 g/mol. The molecule has 2 nitrogen and oxygen atoms in total. The summed E-state index contributed by atoms with van der Waals surface area (Å²) in [5.74, 6) is 1.84. The van der Waals surface area contributed by atoms with Crippen LogP contribution in [0.1, 0.15) is 86.0 Å². The summed E-state index contributed by atoms with van der Waals surface area (Å²) in [5.41, 5.74) is 0.318. The second-order valence-electron chi connectivity index (χ2n) is 6.78. The number of ether oxygens (including phenoxy) is 1. The van der Waals surface area contributed by atoms with Gasteiger partial charge in [0.15, 0.2) is 0 Å². The summed E-state index contributed by atoms with van der Waals surface area (Å²) in [6, 6.07) is 0. The van der Waals surface area contributed by atoms with Crippen molar-refractivity contribution in [3.63, 3.8) is 0 Å². The normalized spacial score (nSPS) is 13.7. The zero-order valence-electron chi connectivity index (χ0n) is 15.3. The van der Waals surface area contributed by atoms with Gasteiger partial charge in [-0.3, -0.25) is 0 Å². The number of Topliss-reactive ketones (excluding diaryl/α,β-unsaturated/α-hetero) is 1. The van der Waals surface area contributed by atoms with Gasteiger partial charge in [-0.15, -0.1) is 0 Å². The molecule has 0 aromatic heterocycles. The molecular formula is C19H38O2. The molecule has 126 valence electrons. The summed E-state index contributed by atoms with van der Waals surface area (Å²) < 4.78 is 5.53. The predicted molar refractivity (Wildman–Crippen MR) is 91.6 cm³/mol. The fraction of sp³-hybridized carbons (Fsp3) is 0.947. The van der Waals surface area contributed by atoms with Gasteiger partial charge in [-0.2, -0.15) is 0 Å². The van der Waals surface area contributed by atoms with E-state index >= 15 is 0 Å². The molecule has 0 aliphatic heterocycles. The highest BCUT2D eigenvalue weighted by Crippen LogP contribution is 2.40. The van der Waals surface area contributed by atoms with Gasteiger partial charge in [0.25, 0.3) is 0 Å². The smallest absolute Gasteiger partial charge is 0.129 e. The largest absolute Gasteiger partial charge is 0.384 e. The van der Waals surface area contributed by atoms with Crippen molar-refractivity contribution in [2.75, 3.05) is 13.7 Å². The lowest BCUT2D eigenvalue weighted by atomic mass is 9.69. The maximum atomic E-state index is 11.2. The topological polar surface area (TPSA) is 26.3 Å². The van der Waals surface area contributed by atoms with Crippen LogP contribution in [0.3, 0.4) is 0 Å². The molecule has 0 saturated carbocycles. The fourth-order valence-corrected chi connectivity index (χ4v) is 3.74.